The van der Waals surface area contributed by atoms with Gasteiger partial charge >= 0.3 is 0 Å². The molecule has 1 aliphatic carbocycles. The van der Waals surface area contributed by atoms with Crippen LogP contribution in [-0.2, 0) is 5.41 Å². The Hall–Kier alpha value is -4.81. The van der Waals surface area contributed by atoms with E-state index in [1.54, 1.807) is 12.1 Å². The highest BCUT2D eigenvalue weighted by Crippen LogP contribution is 2.56. The third-order valence-corrected chi connectivity index (χ3v) is 10.5. The van der Waals surface area contributed by atoms with Gasteiger partial charge in [-0.1, -0.05) is 70.5 Å². The van der Waals surface area contributed by atoms with Crippen LogP contribution >= 0.6 is 15.9 Å². The number of anilines is 1. The number of Topliss-reactive ketones (excluding diaryl/α,β-unsaturated/α-hetero) is 2. The molecule has 3 aliphatic rings. The molecule has 1 atom stereocenters. The average Bonchev–Trinajstić information content (AvgIpc) is 3.38. The zero-order valence-corrected chi connectivity index (χ0v) is 25.8. The van der Waals surface area contributed by atoms with Crippen LogP contribution in [0.1, 0.15) is 40.1 Å². The zero-order chi connectivity index (χ0) is 30.1. The lowest BCUT2D eigenvalue weighted by atomic mass is 9.77. The van der Waals surface area contributed by atoms with Crippen molar-refractivity contribution in [3.05, 3.63) is 112 Å². The van der Waals surface area contributed by atoms with Crippen LogP contribution in [0.25, 0.3) is 43.4 Å². The van der Waals surface area contributed by atoms with Gasteiger partial charge in [0.15, 0.2) is 5.75 Å². The molecule has 6 aromatic carbocycles. The van der Waals surface area contributed by atoms with Crippen LogP contribution < -0.4 is 9.64 Å². The number of hydrogen-bond donors (Lipinski definition) is 0. The lowest BCUT2D eigenvalue weighted by molar-refractivity contribution is 0.0825. The fourth-order valence-corrected chi connectivity index (χ4v) is 8.07. The smallest absolute Gasteiger partial charge is 0.234 e. The Morgan fingerprint density at radius 1 is 0.727 bits per heavy atom. The van der Waals surface area contributed by atoms with Crippen LogP contribution in [0.15, 0.2) is 100 Å². The molecule has 5 nitrogen and oxygen atoms in total. The average molecular weight is 638 g/mol. The summed E-state index contributed by atoms with van der Waals surface area (Å²) in [6, 6.07) is 30.5. The molecule has 212 valence electrons. The van der Waals surface area contributed by atoms with E-state index in [1.165, 1.54) is 5.56 Å². The number of benzene rings is 6. The molecule has 44 heavy (non-hydrogen) atoms. The fourth-order valence-electron chi connectivity index (χ4n) is 7.71. The summed E-state index contributed by atoms with van der Waals surface area (Å²) in [5.74, 6) is -0.108. The topological polar surface area (TPSA) is 59.0 Å². The van der Waals surface area contributed by atoms with E-state index >= 15 is 0 Å². The molecule has 9 rings (SSSR count). The molecule has 1 unspecified atom stereocenters. The molecule has 0 N–H and O–H groups in total. The first-order valence-electron chi connectivity index (χ1n) is 14.6. The number of aliphatic imine (C=N–C) groups is 1. The number of halogens is 1. The maximum Gasteiger partial charge on any atom is 0.234 e. The van der Waals surface area contributed by atoms with Crippen molar-refractivity contribution in [1.82, 2.24) is 0 Å². The number of likely N-dealkylation sites (N-methyl/N-ethyl adjacent to an activating group) is 1. The summed E-state index contributed by atoms with van der Waals surface area (Å²) in [7, 11) is 2.08. The Morgan fingerprint density at radius 3 is 2.27 bits per heavy atom. The molecular formula is C38H25BrN2O3. The van der Waals surface area contributed by atoms with Crippen molar-refractivity contribution in [2.75, 3.05) is 11.9 Å². The minimum Gasteiger partial charge on any atom is -0.459 e. The monoisotopic (exact) mass is 636 g/mol. The van der Waals surface area contributed by atoms with Crippen molar-refractivity contribution in [2.24, 2.45) is 4.99 Å². The first kappa shape index (κ1) is 25.7. The highest BCUT2D eigenvalue weighted by Gasteiger charge is 2.58. The van der Waals surface area contributed by atoms with Gasteiger partial charge in [-0.25, -0.2) is 0 Å². The lowest BCUT2D eigenvalue weighted by Crippen LogP contribution is -2.61. The molecule has 6 heteroatoms. The third kappa shape index (κ3) is 3.01. The Kier molecular flexibility index (Phi) is 4.91. The molecule has 0 amide bonds. The largest absolute Gasteiger partial charge is 0.459 e. The van der Waals surface area contributed by atoms with E-state index in [0.29, 0.717) is 11.1 Å². The number of ketones is 2. The van der Waals surface area contributed by atoms with E-state index in [9.17, 15) is 9.59 Å². The molecule has 2 heterocycles. The maximum atomic E-state index is 12.7. The second-order valence-corrected chi connectivity index (χ2v) is 13.3. The van der Waals surface area contributed by atoms with E-state index in [0.717, 1.165) is 65.0 Å². The number of fused-ring (bicyclic) bond motifs is 7. The summed E-state index contributed by atoms with van der Waals surface area (Å²) in [4.78, 5) is 32.7. The number of rotatable bonds is 1. The van der Waals surface area contributed by atoms with Gasteiger partial charge < -0.3 is 9.64 Å². The summed E-state index contributed by atoms with van der Waals surface area (Å²) in [5, 5.41) is 5.72. The molecular weight excluding hydrogens is 612 g/mol. The molecule has 0 saturated carbocycles. The molecule has 0 saturated heterocycles. The second kappa shape index (κ2) is 8.42. The minimum atomic E-state index is -0.810. The van der Waals surface area contributed by atoms with Crippen LogP contribution in [0.4, 0.5) is 11.4 Å². The summed E-state index contributed by atoms with van der Waals surface area (Å²) in [6.45, 7) is 4.44. The molecule has 0 bridgehead atoms. The predicted octanol–water partition coefficient (Wildman–Crippen LogP) is 9.17. The van der Waals surface area contributed by atoms with Gasteiger partial charge in [0.1, 0.15) is 5.69 Å². The van der Waals surface area contributed by atoms with Crippen molar-refractivity contribution in [1.29, 1.82) is 0 Å². The summed E-state index contributed by atoms with van der Waals surface area (Å²) < 4.78 is 8.19. The third-order valence-electron chi connectivity index (χ3n) is 10.0. The van der Waals surface area contributed by atoms with Gasteiger partial charge in [-0.05, 0) is 83.1 Å². The van der Waals surface area contributed by atoms with Gasteiger partial charge in [-0.3, -0.25) is 14.6 Å². The van der Waals surface area contributed by atoms with Crippen molar-refractivity contribution in [2.45, 2.75) is 25.0 Å². The van der Waals surface area contributed by atoms with E-state index in [-0.39, 0.29) is 5.41 Å². The number of nitrogens with zero attached hydrogens (tertiary/aromatic N) is 2. The summed E-state index contributed by atoms with van der Waals surface area (Å²) >= 11 is 3.69. The number of carbonyl (C=O) groups excluding carboxylic acids is 2. The highest BCUT2D eigenvalue weighted by atomic mass is 79.9. The van der Waals surface area contributed by atoms with Crippen LogP contribution in [-0.4, -0.2) is 30.6 Å². The molecule has 1 spiro atoms. The van der Waals surface area contributed by atoms with Crippen molar-refractivity contribution < 1.29 is 14.3 Å². The van der Waals surface area contributed by atoms with Crippen LogP contribution in [0.5, 0.6) is 5.75 Å². The normalized spacial score (nSPS) is 19.3. The minimum absolute atomic E-state index is 0.375. The van der Waals surface area contributed by atoms with Gasteiger partial charge in [-0.2, -0.15) is 0 Å². The number of ether oxygens (including phenoxy) is 1. The van der Waals surface area contributed by atoms with Gasteiger partial charge in [0.2, 0.25) is 17.3 Å². The predicted molar refractivity (Wildman–Crippen MR) is 180 cm³/mol. The molecule has 0 aromatic heterocycles. The summed E-state index contributed by atoms with van der Waals surface area (Å²) in [5.41, 5.74) is 4.91. The number of para-hydroxylation sites is 1. The van der Waals surface area contributed by atoms with Gasteiger partial charge in [-0.15, -0.1) is 0 Å². The lowest BCUT2D eigenvalue weighted by Gasteiger charge is -2.45. The fraction of sp³-hybridized carbons (Fsp3) is 0.132. The van der Waals surface area contributed by atoms with E-state index in [2.05, 4.69) is 96.3 Å². The van der Waals surface area contributed by atoms with Crippen LogP contribution in [0.3, 0.4) is 0 Å². The first-order chi connectivity index (χ1) is 21.2. The Bertz CT molecular complexity index is 2350. The standard InChI is InChI=1S/C38H25BrN2O3/c1-37(2)30-9-4-5-10-31(30)41(3)38(37)19-40-33-24-14-12-21(39)18-29(24)28-17-20(11-13-25(28)36(33)44-38)22-15-16-27-32-23(22)7-6-8-26(32)34(42)35(27)43/h4-19H,1-3H3. The van der Waals surface area contributed by atoms with Crippen molar-refractivity contribution in [3.63, 3.8) is 0 Å². The molecule has 0 radical (unpaired) electrons. The zero-order valence-electron chi connectivity index (χ0n) is 24.2. The maximum absolute atomic E-state index is 12.7. The Morgan fingerprint density at radius 2 is 1.45 bits per heavy atom. The van der Waals surface area contributed by atoms with Gasteiger partial charge in [0, 0.05) is 44.5 Å². The van der Waals surface area contributed by atoms with E-state index < -0.39 is 17.3 Å². The Labute approximate surface area is 261 Å². The first-order valence-corrected chi connectivity index (χ1v) is 15.4. The Balaban J connectivity index is 1.30. The summed E-state index contributed by atoms with van der Waals surface area (Å²) in [6.07, 6.45) is 1.98. The van der Waals surface area contributed by atoms with E-state index in [1.807, 2.05) is 30.5 Å². The second-order valence-electron chi connectivity index (χ2n) is 12.4. The molecule has 0 fully saturated rings. The van der Waals surface area contributed by atoms with Gasteiger partial charge in [0.05, 0.1) is 11.6 Å². The van der Waals surface area contributed by atoms with Crippen LogP contribution in [0, 0.1) is 0 Å². The van der Waals surface area contributed by atoms with Crippen molar-refractivity contribution in [3.8, 4) is 16.9 Å². The number of hydrogen-bond acceptors (Lipinski definition) is 5. The van der Waals surface area contributed by atoms with Crippen LogP contribution in [0.2, 0.25) is 0 Å². The number of carbonyl (C=O) groups is 2. The van der Waals surface area contributed by atoms with Gasteiger partial charge in [0.25, 0.3) is 0 Å². The molecule has 2 aliphatic heterocycles. The highest BCUT2D eigenvalue weighted by molar-refractivity contribution is 9.10. The van der Waals surface area contributed by atoms with Crippen molar-refractivity contribution >= 4 is 77.4 Å². The quantitative estimate of drug-likeness (QED) is 0.133. The molecule has 6 aromatic rings. The SMILES string of the molecule is CN1c2ccccc2C(C)(C)C12C=Nc1c(c3ccc(-c4ccc5c6c(cccc46)C(=O)C5=O)cc3c3cc(Br)ccc13)O2. The van der Waals surface area contributed by atoms with E-state index in [4.69, 9.17) is 9.73 Å².